The Kier molecular flexibility index (Phi) is 3.79. The van der Waals surface area contributed by atoms with Gasteiger partial charge in [0.25, 0.3) is 0 Å². The number of nitrogens with zero attached hydrogens (tertiary/aromatic N) is 1. The van der Waals surface area contributed by atoms with Crippen LogP contribution in [0.25, 0.3) is 0 Å². The Balaban J connectivity index is 2.32. The summed E-state index contributed by atoms with van der Waals surface area (Å²) in [5, 5.41) is 0. The first-order chi connectivity index (χ1) is 6.81. The lowest BCUT2D eigenvalue weighted by Crippen LogP contribution is -2.15. The molecular weight excluding hydrogens is 280 g/mol. The number of halogens is 1. The lowest BCUT2D eigenvalue weighted by Gasteiger charge is -2.15. The van der Waals surface area contributed by atoms with E-state index in [9.17, 15) is 0 Å². The van der Waals surface area contributed by atoms with E-state index in [4.69, 9.17) is 4.74 Å². The number of ether oxygens (including phenoxy) is 1. The van der Waals surface area contributed by atoms with Crippen LogP contribution in [0.15, 0.2) is 22.7 Å². The first kappa shape index (κ1) is 10.8. The lowest BCUT2D eigenvalue weighted by atomic mass is 10.2. The van der Waals surface area contributed by atoms with Gasteiger partial charge in [0.05, 0.1) is 4.47 Å². The Morgan fingerprint density at radius 3 is 3.14 bits per heavy atom. The van der Waals surface area contributed by atoms with E-state index in [1.807, 2.05) is 6.07 Å². The standard InChI is InChI=1S/C9H12BrNOP2/c10-8-3-1-2-7-6-11(14-13)4-5-12-9(7)8/h1-3,14H,4-6,13H2. The van der Waals surface area contributed by atoms with Crippen molar-refractivity contribution in [2.24, 2.45) is 0 Å². The quantitative estimate of drug-likeness (QED) is 0.738. The van der Waals surface area contributed by atoms with Gasteiger partial charge < -0.3 is 4.74 Å². The van der Waals surface area contributed by atoms with E-state index in [2.05, 4.69) is 41.7 Å². The third-order valence-electron chi connectivity index (χ3n) is 2.20. The molecule has 0 spiro atoms. The average molecular weight is 292 g/mol. The van der Waals surface area contributed by atoms with E-state index in [1.54, 1.807) is 0 Å². The normalized spacial score (nSPS) is 17.9. The number of rotatable bonds is 1. The molecule has 0 radical (unpaired) electrons. The second kappa shape index (κ2) is 4.90. The highest BCUT2D eigenvalue weighted by molar-refractivity contribution is 9.10. The van der Waals surface area contributed by atoms with Gasteiger partial charge in [-0.3, -0.25) is 4.67 Å². The van der Waals surface area contributed by atoms with Crippen molar-refractivity contribution in [1.82, 2.24) is 4.67 Å². The Hall–Kier alpha value is 0.320. The molecule has 0 saturated carbocycles. The summed E-state index contributed by atoms with van der Waals surface area (Å²) in [5.41, 5.74) is 1.27. The van der Waals surface area contributed by atoms with Gasteiger partial charge in [-0.05, 0) is 30.4 Å². The number of hydrogen-bond donors (Lipinski definition) is 0. The summed E-state index contributed by atoms with van der Waals surface area (Å²) >= 11 is 3.51. The molecule has 0 aromatic heterocycles. The molecule has 0 saturated heterocycles. The van der Waals surface area contributed by atoms with Crippen LogP contribution < -0.4 is 4.74 Å². The Morgan fingerprint density at radius 2 is 2.36 bits per heavy atom. The largest absolute Gasteiger partial charge is 0.491 e. The summed E-state index contributed by atoms with van der Waals surface area (Å²) in [5.74, 6) is 1.01. The smallest absolute Gasteiger partial charge is 0.138 e. The van der Waals surface area contributed by atoms with Crippen molar-refractivity contribution in [3.8, 4) is 5.75 Å². The topological polar surface area (TPSA) is 12.5 Å². The zero-order chi connectivity index (χ0) is 9.97. The molecule has 1 aromatic carbocycles. The molecule has 76 valence electrons. The fourth-order valence-electron chi connectivity index (χ4n) is 1.49. The SMILES string of the molecule is PPN1CCOc2c(Br)cccc2C1. The van der Waals surface area contributed by atoms with Crippen LogP contribution in [0.2, 0.25) is 0 Å². The predicted octanol–water partition coefficient (Wildman–Crippen LogP) is 3.03. The Morgan fingerprint density at radius 1 is 1.50 bits per heavy atom. The third kappa shape index (κ3) is 2.28. The van der Waals surface area contributed by atoms with Gasteiger partial charge in [-0.1, -0.05) is 21.1 Å². The van der Waals surface area contributed by atoms with Crippen LogP contribution >= 0.6 is 33.3 Å². The molecule has 1 aromatic rings. The van der Waals surface area contributed by atoms with Crippen molar-refractivity contribution < 1.29 is 4.74 Å². The van der Waals surface area contributed by atoms with Crippen LogP contribution in [0, 0.1) is 0 Å². The summed E-state index contributed by atoms with van der Waals surface area (Å²) in [6.07, 6.45) is 0. The molecular formula is C9H12BrNOP2. The summed E-state index contributed by atoms with van der Waals surface area (Å²) in [6, 6.07) is 6.21. The second-order valence-electron chi connectivity index (χ2n) is 3.13. The first-order valence-electron chi connectivity index (χ1n) is 4.42. The van der Waals surface area contributed by atoms with Gasteiger partial charge in [0.1, 0.15) is 12.4 Å². The van der Waals surface area contributed by atoms with Gasteiger partial charge in [0.2, 0.25) is 0 Å². The van der Waals surface area contributed by atoms with Crippen molar-refractivity contribution >= 4 is 33.3 Å². The minimum absolute atomic E-state index is 0.766. The maximum absolute atomic E-state index is 5.72. The predicted molar refractivity (Wildman–Crippen MR) is 68.1 cm³/mol. The van der Waals surface area contributed by atoms with Crippen LogP contribution in [0.1, 0.15) is 5.56 Å². The van der Waals surface area contributed by atoms with Gasteiger partial charge in [-0.15, -0.1) is 0 Å². The molecule has 5 heteroatoms. The number of fused-ring (bicyclic) bond motifs is 1. The van der Waals surface area contributed by atoms with E-state index in [0.29, 0.717) is 0 Å². The van der Waals surface area contributed by atoms with Crippen LogP contribution in [-0.2, 0) is 6.54 Å². The van der Waals surface area contributed by atoms with Crippen molar-refractivity contribution in [1.29, 1.82) is 0 Å². The molecule has 14 heavy (non-hydrogen) atoms. The lowest BCUT2D eigenvalue weighted by molar-refractivity contribution is 0.299. The molecule has 0 aliphatic carbocycles. The highest BCUT2D eigenvalue weighted by Gasteiger charge is 2.15. The zero-order valence-corrected chi connectivity index (χ0v) is 11.4. The van der Waals surface area contributed by atoms with Crippen LogP contribution in [0.5, 0.6) is 5.75 Å². The zero-order valence-electron chi connectivity index (χ0n) is 7.66. The van der Waals surface area contributed by atoms with Crippen molar-refractivity contribution in [3.05, 3.63) is 28.2 Å². The molecule has 1 heterocycles. The van der Waals surface area contributed by atoms with Gasteiger partial charge >= 0.3 is 0 Å². The molecule has 2 nitrogen and oxygen atoms in total. The molecule has 1 aliphatic rings. The van der Waals surface area contributed by atoms with Crippen LogP contribution in [0.3, 0.4) is 0 Å². The first-order valence-corrected chi connectivity index (χ1v) is 7.97. The van der Waals surface area contributed by atoms with Gasteiger partial charge in [0, 0.05) is 18.7 Å². The Bertz CT molecular complexity index is 335. The minimum Gasteiger partial charge on any atom is -0.491 e. The van der Waals surface area contributed by atoms with E-state index in [1.165, 1.54) is 5.56 Å². The van der Waals surface area contributed by atoms with Crippen molar-refractivity contribution in [3.63, 3.8) is 0 Å². The van der Waals surface area contributed by atoms with Crippen molar-refractivity contribution in [2.45, 2.75) is 6.54 Å². The molecule has 0 fully saturated rings. The van der Waals surface area contributed by atoms with Crippen LogP contribution in [-0.4, -0.2) is 17.8 Å². The highest BCUT2D eigenvalue weighted by Crippen LogP contribution is 2.36. The van der Waals surface area contributed by atoms with Crippen LogP contribution in [0.4, 0.5) is 0 Å². The Labute approximate surface area is 96.5 Å². The fraction of sp³-hybridized carbons (Fsp3) is 0.333. The maximum atomic E-state index is 5.72. The molecule has 0 bridgehead atoms. The highest BCUT2D eigenvalue weighted by atomic mass is 79.9. The maximum Gasteiger partial charge on any atom is 0.138 e. The number of para-hydroxylation sites is 1. The minimum atomic E-state index is 0.766. The molecule has 0 N–H and O–H groups in total. The molecule has 0 amide bonds. The second-order valence-corrected chi connectivity index (χ2v) is 5.65. The molecule has 1 aliphatic heterocycles. The monoisotopic (exact) mass is 291 g/mol. The van der Waals surface area contributed by atoms with E-state index in [0.717, 1.165) is 38.3 Å². The average Bonchev–Trinajstić information content (AvgIpc) is 2.40. The van der Waals surface area contributed by atoms with E-state index in [-0.39, 0.29) is 0 Å². The summed E-state index contributed by atoms with van der Waals surface area (Å²) in [4.78, 5) is 0. The van der Waals surface area contributed by atoms with Gasteiger partial charge in [-0.25, -0.2) is 0 Å². The summed E-state index contributed by atoms with van der Waals surface area (Å²) in [6.45, 7) is 2.76. The molecule has 2 rings (SSSR count). The van der Waals surface area contributed by atoms with E-state index >= 15 is 0 Å². The summed E-state index contributed by atoms with van der Waals surface area (Å²) in [7, 11) is 3.55. The van der Waals surface area contributed by atoms with Crippen molar-refractivity contribution in [2.75, 3.05) is 13.2 Å². The van der Waals surface area contributed by atoms with Gasteiger partial charge in [-0.2, -0.15) is 0 Å². The summed E-state index contributed by atoms with van der Waals surface area (Å²) < 4.78 is 9.16. The number of benzene rings is 1. The molecule has 2 atom stereocenters. The third-order valence-corrected chi connectivity index (χ3v) is 4.67. The van der Waals surface area contributed by atoms with E-state index < -0.39 is 0 Å². The fourth-order valence-corrected chi connectivity index (χ4v) is 3.16. The molecule has 2 unspecified atom stereocenters. The van der Waals surface area contributed by atoms with Gasteiger partial charge in [0.15, 0.2) is 0 Å². The number of hydrogen-bond acceptors (Lipinski definition) is 2.